The van der Waals surface area contributed by atoms with Crippen LogP contribution >= 0.6 is 0 Å². The molecule has 20 heavy (non-hydrogen) atoms. The molecular weight excluding hydrogens is 256 g/mol. The van der Waals surface area contributed by atoms with E-state index in [2.05, 4.69) is 5.32 Å². The summed E-state index contributed by atoms with van der Waals surface area (Å²) in [6, 6.07) is 3.62. The first-order valence-electron chi connectivity index (χ1n) is 7.39. The number of aromatic nitrogens is 1. The summed E-state index contributed by atoms with van der Waals surface area (Å²) in [7, 11) is 0. The molecule has 1 unspecified atom stereocenters. The van der Waals surface area contributed by atoms with Gasteiger partial charge in [0.1, 0.15) is 0 Å². The van der Waals surface area contributed by atoms with Gasteiger partial charge in [0.05, 0.1) is 12.3 Å². The molecule has 0 radical (unpaired) electrons. The van der Waals surface area contributed by atoms with E-state index in [0.29, 0.717) is 18.4 Å². The summed E-state index contributed by atoms with van der Waals surface area (Å²) in [6.07, 6.45) is 3.51. The van der Waals surface area contributed by atoms with Crippen molar-refractivity contribution < 1.29 is 10.3 Å². The van der Waals surface area contributed by atoms with Crippen molar-refractivity contribution in [2.24, 2.45) is 11.8 Å². The highest BCUT2D eigenvalue weighted by Gasteiger charge is 2.49. The van der Waals surface area contributed by atoms with Crippen molar-refractivity contribution in [1.82, 2.24) is 10.0 Å². The number of nitrogens with zero attached hydrogens (tertiary/aromatic N) is 1. The van der Waals surface area contributed by atoms with Gasteiger partial charge in [-0.05, 0) is 49.7 Å². The maximum absolute atomic E-state index is 11.8. The molecule has 0 aliphatic heterocycles. The molecular formula is C15H22N2O3. The maximum atomic E-state index is 11.8. The lowest BCUT2D eigenvalue weighted by molar-refractivity contribution is 0.148. The molecule has 2 aliphatic carbocycles. The third kappa shape index (κ3) is 2.15. The van der Waals surface area contributed by atoms with Crippen molar-refractivity contribution in [3.05, 3.63) is 33.7 Å². The number of aliphatic hydroxyl groups excluding tert-OH is 1. The molecule has 3 N–H and O–H groups in total. The van der Waals surface area contributed by atoms with Crippen molar-refractivity contribution in [3.8, 4) is 0 Å². The van der Waals surface area contributed by atoms with E-state index < -0.39 is 0 Å². The SMILES string of the molecule is Cc1cc([C@@H]2C(NCCO)[C@H]3CC[C@@H]2C3)n(O)c(=O)c1. The Bertz CT molecular complexity index is 555. The molecule has 110 valence electrons. The predicted octanol–water partition coefficient (Wildman–Crippen LogP) is 0.858. The molecule has 5 heteroatoms. The second kappa shape index (κ2) is 5.22. The Hall–Kier alpha value is -1.33. The highest BCUT2D eigenvalue weighted by molar-refractivity contribution is 5.24. The van der Waals surface area contributed by atoms with Crippen molar-refractivity contribution in [3.63, 3.8) is 0 Å². The molecule has 2 saturated carbocycles. The van der Waals surface area contributed by atoms with Crippen LogP contribution in [0.5, 0.6) is 0 Å². The van der Waals surface area contributed by atoms with Crippen LogP contribution in [0, 0.1) is 18.8 Å². The first kappa shape index (κ1) is 13.6. The number of fused-ring (bicyclic) bond motifs is 2. The van der Waals surface area contributed by atoms with E-state index >= 15 is 0 Å². The zero-order chi connectivity index (χ0) is 14.3. The van der Waals surface area contributed by atoms with Gasteiger partial charge in [0.2, 0.25) is 0 Å². The number of hydrogen-bond acceptors (Lipinski definition) is 4. The zero-order valence-corrected chi connectivity index (χ0v) is 11.7. The fraction of sp³-hybridized carbons (Fsp3) is 0.667. The Kier molecular flexibility index (Phi) is 3.56. The Labute approximate surface area is 118 Å². The van der Waals surface area contributed by atoms with Gasteiger partial charge in [-0.2, -0.15) is 4.73 Å². The van der Waals surface area contributed by atoms with E-state index in [9.17, 15) is 10.0 Å². The van der Waals surface area contributed by atoms with Crippen molar-refractivity contribution >= 4 is 0 Å². The lowest BCUT2D eigenvalue weighted by Crippen LogP contribution is -2.42. The molecule has 2 bridgehead atoms. The highest BCUT2D eigenvalue weighted by atomic mass is 16.5. The summed E-state index contributed by atoms with van der Waals surface area (Å²) >= 11 is 0. The van der Waals surface area contributed by atoms with Crippen molar-refractivity contribution in [2.45, 2.75) is 38.1 Å². The van der Waals surface area contributed by atoms with Crippen LogP contribution in [0.4, 0.5) is 0 Å². The van der Waals surface area contributed by atoms with Crippen LogP contribution in [0.2, 0.25) is 0 Å². The Morgan fingerprint density at radius 3 is 2.85 bits per heavy atom. The molecule has 1 aromatic heterocycles. The number of nitrogens with one attached hydrogen (secondary N) is 1. The minimum absolute atomic E-state index is 0.111. The van der Waals surface area contributed by atoms with Crippen LogP contribution in [0.15, 0.2) is 16.9 Å². The average Bonchev–Trinajstić information content (AvgIpc) is 3.01. The number of aryl methyl sites for hydroxylation is 1. The zero-order valence-electron chi connectivity index (χ0n) is 11.7. The lowest BCUT2D eigenvalue weighted by Gasteiger charge is -2.32. The normalized spacial score (nSPS) is 31.9. The van der Waals surface area contributed by atoms with Gasteiger partial charge in [-0.15, -0.1) is 0 Å². The van der Waals surface area contributed by atoms with E-state index in [4.69, 9.17) is 5.11 Å². The van der Waals surface area contributed by atoms with Gasteiger partial charge >= 0.3 is 0 Å². The van der Waals surface area contributed by atoms with Crippen LogP contribution in [0.25, 0.3) is 0 Å². The second-order valence-corrected chi connectivity index (χ2v) is 6.17. The molecule has 1 aromatic rings. The van der Waals surface area contributed by atoms with Crippen molar-refractivity contribution in [1.29, 1.82) is 0 Å². The predicted molar refractivity (Wildman–Crippen MR) is 75.1 cm³/mol. The molecule has 1 heterocycles. The minimum atomic E-state index is -0.358. The van der Waals surface area contributed by atoms with Gasteiger partial charge in [0.25, 0.3) is 5.56 Å². The summed E-state index contributed by atoms with van der Waals surface area (Å²) in [5, 5.41) is 22.5. The number of pyridine rings is 1. The number of rotatable bonds is 4. The molecule has 2 aliphatic rings. The first-order chi connectivity index (χ1) is 9.61. The van der Waals surface area contributed by atoms with E-state index in [1.165, 1.54) is 12.5 Å². The van der Waals surface area contributed by atoms with Crippen LogP contribution in [0.3, 0.4) is 0 Å². The summed E-state index contributed by atoms with van der Waals surface area (Å²) < 4.78 is 0.812. The van der Waals surface area contributed by atoms with Gasteiger partial charge in [0.15, 0.2) is 0 Å². The molecule has 5 nitrogen and oxygen atoms in total. The quantitative estimate of drug-likeness (QED) is 0.714. The largest absolute Gasteiger partial charge is 0.425 e. The number of aliphatic hydroxyl groups is 1. The van der Waals surface area contributed by atoms with Gasteiger partial charge in [-0.3, -0.25) is 4.79 Å². The molecule has 2 fully saturated rings. The third-order valence-electron chi connectivity index (χ3n) is 4.93. The summed E-state index contributed by atoms with van der Waals surface area (Å²) in [5.41, 5.74) is 1.25. The van der Waals surface area contributed by atoms with Gasteiger partial charge in [-0.25, -0.2) is 0 Å². The third-order valence-corrected chi connectivity index (χ3v) is 4.93. The minimum Gasteiger partial charge on any atom is -0.425 e. The summed E-state index contributed by atoms with van der Waals surface area (Å²) in [5.74, 6) is 1.28. The first-order valence-corrected chi connectivity index (χ1v) is 7.39. The van der Waals surface area contributed by atoms with Gasteiger partial charge in [-0.1, -0.05) is 0 Å². The molecule has 0 spiro atoms. The Morgan fingerprint density at radius 2 is 2.10 bits per heavy atom. The van der Waals surface area contributed by atoms with Gasteiger partial charge < -0.3 is 15.6 Å². The van der Waals surface area contributed by atoms with Gasteiger partial charge in [0, 0.05) is 24.6 Å². The fourth-order valence-electron chi connectivity index (χ4n) is 4.20. The van der Waals surface area contributed by atoms with Crippen molar-refractivity contribution in [2.75, 3.05) is 13.2 Å². The fourth-order valence-corrected chi connectivity index (χ4v) is 4.20. The average molecular weight is 278 g/mol. The molecule has 0 saturated heterocycles. The second-order valence-electron chi connectivity index (χ2n) is 6.17. The maximum Gasteiger partial charge on any atom is 0.283 e. The Morgan fingerprint density at radius 1 is 1.35 bits per heavy atom. The highest BCUT2D eigenvalue weighted by Crippen LogP contribution is 2.52. The molecule has 4 atom stereocenters. The van der Waals surface area contributed by atoms with Crippen LogP contribution in [-0.2, 0) is 0 Å². The van der Waals surface area contributed by atoms with E-state index in [0.717, 1.165) is 28.8 Å². The standard InChI is InChI=1S/C15H22N2O3/c1-9-6-12(17(20)13(19)7-9)14-10-2-3-11(8-10)15(14)16-4-5-18/h6-7,10-11,14-16,18,20H,2-5,8H2,1H3/t10-,11+,14-,15?/m1/s1. The van der Waals surface area contributed by atoms with Crippen LogP contribution in [-0.4, -0.2) is 34.2 Å². The monoisotopic (exact) mass is 278 g/mol. The summed E-state index contributed by atoms with van der Waals surface area (Å²) in [6.45, 7) is 2.56. The van der Waals surface area contributed by atoms with Crippen LogP contribution < -0.4 is 10.9 Å². The number of hydrogen-bond donors (Lipinski definition) is 3. The van der Waals surface area contributed by atoms with E-state index in [-0.39, 0.29) is 24.1 Å². The topological polar surface area (TPSA) is 74.5 Å². The lowest BCUT2D eigenvalue weighted by atomic mass is 9.81. The van der Waals surface area contributed by atoms with E-state index in [1.807, 2.05) is 13.0 Å². The Balaban J connectivity index is 1.97. The molecule has 3 rings (SSSR count). The molecule has 0 aromatic carbocycles. The molecule has 0 amide bonds. The van der Waals surface area contributed by atoms with Crippen LogP contribution in [0.1, 0.15) is 36.4 Å². The smallest absolute Gasteiger partial charge is 0.283 e. The van der Waals surface area contributed by atoms with E-state index in [1.54, 1.807) is 0 Å². The summed E-state index contributed by atoms with van der Waals surface area (Å²) in [4.78, 5) is 11.8.